The summed E-state index contributed by atoms with van der Waals surface area (Å²) in [5.41, 5.74) is 2.45. The summed E-state index contributed by atoms with van der Waals surface area (Å²) in [4.78, 5) is 6.86. The van der Waals surface area contributed by atoms with Gasteiger partial charge in [-0.25, -0.2) is 0 Å². The summed E-state index contributed by atoms with van der Waals surface area (Å²) in [6.45, 7) is 6.51. The number of aryl methyl sites for hydroxylation is 2. The van der Waals surface area contributed by atoms with Gasteiger partial charge in [-0.15, -0.1) is 11.3 Å². The van der Waals surface area contributed by atoms with Gasteiger partial charge in [0.2, 0.25) is 0 Å². The van der Waals surface area contributed by atoms with Gasteiger partial charge in [0, 0.05) is 28.2 Å². The van der Waals surface area contributed by atoms with Gasteiger partial charge in [0.1, 0.15) is 0 Å². The van der Waals surface area contributed by atoms with Crippen molar-refractivity contribution in [3.05, 3.63) is 45.9 Å². The van der Waals surface area contributed by atoms with Gasteiger partial charge in [-0.2, -0.15) is 0 Å². The lowest BCUT2D eigenvalue weighted by molar-refractivity contribution is 0.880. The van der Waals surface area contributed by atoms with E-state index in [1.54, 1.807) is 6.20 Å². The Kier molecular flexibility index (Phi) is 3.25. The fourth-order valence-corrected chi connectivity index (χ4v) is 2.88. The first kappa shape index (κ1) is 11.1. The number of pyridine rings is 1. The van der Waals surface area contributed by atoms with Crippen LogP contribution in [0.5, 0.6) is 0 Å². The maximum absolute atomic E-state index is 4.10. The summed E-state index contributed by atoms with van der Waals surface area (Å²) in [5.74, 6) is 0. The van der Waals surface area contributed by atoms with E-state index in [1.165, 1.54) is 15.3 Å². The van der Waals surface area contributed by atoms with Crippen molar-refractivity contribution in [3.8, 4) is 0 Å². The Balaban J connectivity index is 2.14. The molecule has 2 nitrogen and oxygen atoms in total. The number of anilines is 1. The van der Waals surface area contributed by atoms with E-state index < -0.39 is 0 Å². The molecule has 0 aliphatic heterocycles. The smallest absolute Gasteiger partial charge is 0.0531 e. The first-order valence-electron chi connectivity index (χ1n) is 5.40. The monoisotopic (exact) mass is 232 g/mol. The van der Waals surface area contributed by atoms with Gasteiger partial charge in [0.25, 0.3) is 0 Å². The molecule has 0 spiro atoms. The van der Waals surface area contributed by atoms with E-state index >= 15 is 0 Å². The Bertz CT molecular complexity index is 462. The number of hydrogen-bond acceptors (Lipinski definition) is 3. The molecule has 0 radical (unpaired) electrons. The number of nitrogens with zero attached hydrogens (tertiary/aromatic N) is 1. The summed E-state index contributed by atoms with van der Waals surface area (Å²) >= 11 is 1.85. The van der Waals surface area contributed by atoms with Crippen molar-refractivity contribution >= 4 is 17.0 Å². The molecule has 0 saturated heterocycles. The third-order valence-corrected chi connectivity index (χ3v) is 3.57. The van der Waals surface area contributed by atoms with Crippen molar-refractivity contribution in [1.82, 2.24) is 4.98 Å². The molecule has 1 N–H and O–H groups in total. The average Bonchev–Trinajstić information content (AvgIpc) is 2.59. The van der Waals surface area contributed by atoms with Gasteiger partial charge in [0.05, 0.1) is 5.69 Å². The molecule has 2 rings (SSSR count). The van der Waals surface area contributed by atoms with Crippen LogP contribution in [0, 0.1) is 13.8 Å². The molecule has 2 heterocycles. The lowest BCUT2D eigenvalue weighted by Gasteiger charge is -2.14. The molecular weight excluding hydrogens is 216 g/mol. The van der Waals surface area contributed by atoms with Crippen LogP contribution in [-0.2, 0) is 0 Å². The molecule has 16 heavy (non-hydrogen) atoms. The lowest BCUT2D eigenvalue weighted by atomic mass is 10.1. The van der Waals surface area contributed by atoms with Crippen LogP contribution in [0.15, 0.2) is 30.6 Å². The number of nitrogens with one attached hydrogen (secondary N) is 1. The first-order chi connectivity index (χ1) is 7.66. The highest BCUT2D eigenvalue weighted by Crippen LogP contribution is 2.28. The molecule has 84 valence electrons. The van der Waals surface area contributed by atoms with Crippen molar-refractivity contribution in [2.75, 3.05) is 5.32 Å². The van der Waals surface area contributed by atoms with Crippen molar-refractivity contribution in [1.29, 1.82) is 0 Å². The van der Waals surface area contributed by atoms with E-state index in [4.69, 9.17) is 0 Å². The summed E-state index contributed by atoms with van der Waals surface area (Å²) in [7, 11) is 0. The highest BCUT2D eigenvalue weighted by molar-refractivity contribution is 7.12. The Hall–Kier alpha value is -1.35. The molecule has 3 heteroatoms. The Labute approximate surface area is 100 Å². The average molecular weight is 232 g/mol. The molecule has 0 saturated carbocycles. The molecule has 0 amide bonds. The minimum absolute atomic E-state index is 0.328. The van der Waals surface area contributed by atoms with E-state index in [9.17, 15) is 0 Å². The Morgan fingerprint density at radius 2 is 2.19 bits per heavy atom. The van der Waals surface area contributed by atoms with Gasteiger partial charge < -0.3 is 5.32 Å². The SMILES string of the molecule is Cc1cc(C(C)Nc2cccnc2)c(C)s1. The number of aromatic nitrogens is 1. The molecule has 2 aromatic rings. The van der Waals surface area contributed by atoms with Gasteiger partial charge in [0.15, 0.2) is 0 Å². The van der Waals surface area contributed by atoms with Crippen LogP contribution in [0.3, 0.4) is 0 Å². The maximum atomic E-state index is 4.10. The van der Waals surface area contributed by atoms with Crippen LogP contribution >= 0.6 is 11.3 Å². The van der Waals surface area contributed by atoms with E-state index in [2.05, 4.69) is 37.1 Å². The van der Waals surface area contributed by atoms with Crippen LogP contribution in [0.4, 0.5) is 5.69 Å². The van der Waals surface area contributed by atoms with E-state index in [0.717, 1.165) is 5.69 Å². The van der Waals surface area contributed by atoms with E-state index in [0.29, 0.717) is 6.04 Å². The molecule has 0 aliphatic carbocycles. The zero-order valence-corrected chi connectivity index (χ0v) is 10.6. The van der Waals surface area contributed by atoms with Crippen molar-refractivity contribution < 1.29 is 0 Å². The molecule has 0 aromatic carbocycles. The van der Waals surface area contributed by atoms with Gasteiger partial charge in [-0.1, -0.05) is 0 Å². The van der Waals surface area contributed by atoms with Crippen molar-refractivity contribution in [2.24, 2.45) is 0 Å². The Morgan fingerprint density at radius 3 is 2.75 bits per heavy atom. The summed E-state index contributed by atoms with van der Waals surface area (Å²) < 4.78 is 0. The minimum Gasteiger partial charge on any atom is -0.377 e. The minimum atomic E-state index is 0.328. The first-order valence-corrected chi connectivity index (χ1v) is 6.22. The van der Waals surface area contributed by atoms with Crippen molar-refractivity contribution in [3.63, 3.8) is 0 Å². The van der Waals surface area contributed by atoms with Gasteiger partial charge in [-0.3, -0.25) is 4.98 Å². The highest BCUT2D eigenvalue weighted by atomic mass is 32.1. The fraction of sp³-hybridized carbons (Fsp3) is 0.308. The molecule has 1 atom stereocenters. The second kappa shape index (κ2) is 4.66. The van der Waals surface area contributed by atoms with Crippen LogP contribution in [0.2, 0.25) is 0 Å². The summed E-state index contributed by atoms with van der Waals surface area (Å²) in [5, 5.41) is 3.46. The standard InChI is InChI=1S/C13H16N2S/c1-9-7-13(11(3)16-9)10(2)15-12-5-4-6-14-8-12/h4-8,10,15H,1-3H3. The van der Waals surface area contributed by atoms with Crippen LogP contribution < -0.4 is 5.32 Å². The predicted molar refractivity (Wildman–Crippen MR) is 70.1 cm³/mol. The third kappa shape index (κ3) is 2.42. The third-order valence-electron chi connectivity index (χ3n) is 2.59. The van der Waals surface area contributed by atoms with Crippen LogP contribution in [0.1, 0.15) is 28.3 Å². The maximum Gasteiger partial charge on any atom is 0.0531 e. The van der Waals surface area contributed by atoms with E-state index in [-0.39, 0.29) is 0 Å². The zero-order valence-electron chi connectivity index (χ0n) is 9.82. The predicted octanol–water partition coefficient (Wildman–Crippen LogP) is 3.93. The topological polar surface area (TPSA) is 24.9 Å². The highest BCUT2D eigenvalue weighted by Gasteiger charge is 2.10. The van der Waals surface area contributed by atoms with E-state index in [1.807, 2.05) is 29.7 Å². The second-order valence-corrected chi connectivity index (χ2v) is 5.44. The van der Waals surface area contributed by atoms with Crippen molar-refractivity contribution in [2.45, 2.75) is 26.8 Å². The summed E-state index contributed by atoms with van der Waals surface area (Å²) in [6, 6.07) is 6.57. The molecule has 0 fully saturated rings. The number of hydrogen-bond donors (Lipinski definition) is 1. The quantitative estimate of drug-likeness (QED) is 0.867. The zero-order chi connectivity index (χ0) is 11.5. The van der Waals surface area contributed by atoms with Gasteiger partial charge >= 0.3 is 0 Å². The Morgan fingerprint density at radius 1 is 1.38 bits per heavy atom. The molecular formula is C13H16N2S. The number of rotatable bonds is 3. The second-order valence-electron chi connectivity index (χ2n) is 3.98. The summed E-state index contributed by atoms with van der Waals surface area (Å²) in [6.07, 6.45) is 3.64. The molecule has 2 aromatic heterocycles. The van der Waals surface area contributed by atoms with Crippen LogP contribution in [0.25, 0.3) is 0 Å². The molecule has 0 bridgehead atoms. The largest absolute Gasteiger partial charge is 0.377 e. The van der Waals surface area contributed by atoms with Gasteiger partial charge in [-0.05, 0) is 44.5 Å². The lowest BCUT2D eigenvalue weighted by Crippen LogP contribution is -2.06. The molecule has 1 unspecified atom stereocenters. The molecule has 0 aliphatic rings. The van der Waals surface area contributed by atoms with Crippen LogP contribution in [-0.4, -0.2) is 4.98 Å². The normalized spacial score (nSPS) is 12.4. The number of thiophene rings is 1. The fourth-order valence-electron chi connectivity index (χ4n) is 1.86.